The standard InChI is InChI=1S/C2F7IO/c3-1(4,5)11-2(6,7)10(8)9. The van der Waals surface area contributed by atoms with E-state index in [1.165, 1.54) is 0 Å². The molecule has 70 valence electrons. The zero-order valence-corrected chi connectivity index (χ0v) is 6.59. The molecule has 0 saturated heterocycles. The van der Waals surface area contributed by atoms with Gasteiger partial charge in [-0.2, -0.15) is 0 Å². The third kappa shape index (κ3) is 4.61. The summed E-state index contributed by atoms with van der Waals surface area (Å²) >= 11 is -5.92. The Hall–Kier alpha value is 0.200. The normalized spacial score (nSPS) is 15.0. The molecule has 0 radical (unpaired) electrons. The number of alkyl halides is 6. The van der Waals surface area contributed by atoms with E-state index in [1.807, 2.05) is 4.74 Å². The molecule has 0 aliphatic carbocycles. The second-order valence-corrected chi connectivity index (χ2v) is 3.57. The Labute approximate surface area is 64.5 Å². The van der Waals surface area contributed by atoms with Crippen LogP contribution in [-0.4, -0.2) is 10.5 Å². The van der Waals surface area contributed by atoms with Gasteiger partial charge in [0.2, 0.25) is 0 Å². The molecule has 9 heteroatoms. The molecule has 0 atom stereocenters. The first-order chi connectivity index (χ1) is 4.65. The number of hydrogen-bond acceptors (Lipinski definition) is 1. The van der Waals surface area contributed by atoms with Crippen molar-refractivity contribution >= 4 is 21.0 Å². The minimum absolute atomic E-state index is 1.87. The Morgan fingerprint density at radius 2 is 1.27 bits per heavy atom. The molecule has 0 amide bonds. The van der Waals surface area contributed by atoms with Crippen molar-refractivity contribution in [3.8, 4) is 0 Å². The maximum atomic E-state index is 11.4. The molecule has 0 aliphatic heterocycles. The molecule has 0 heterocycles. The SMILES string of the molecule is FI(F)C(F)(F)OC(F)(F)F. The third-order valence-electron chi connectivity index (χ3n) is 0.398. The van der Waals surface area contributed by atoms with Gasteiger partial charge in [-0.3, -0.25) is 0 Å². The Morgan fingerprint density at radius 1 is 0.909 bits per heavy atom. The molecule has 1 nitrogen and oxygen atoms in total. The summed E-state index contributed by atoms with van der Waals surface area (Å²) in [6.07, 6.45) is -5.72. The van der Waals surface area contributed by atoms with Gasteiger partial charge in [0.05, 0.1) is 0 Å². The second-order valence-electron chi connectivity index (χ2n) is 1.19. The molecule has 0 aromatic heterocycles. The number of ether oxygens (including phenoxy) is 1. The summed E-state index contributed by atoms with van der Waals surface area (Å²) in [4.78, 5) is 0. The van der Waals surface area contributed by atoms with Crippen molar-refractivity contribution in [1.29, 1.82) is 0 Å². The van der Waals surface area contributed by atoms with E-state index in [9.17, 15) is 27.7 Å². The molecule has 0 aromatic carbocycles. The Morgan fingerprint density at radius 3 is 1.36 bits per heavy atom. The maximum absolute atomic E-state index is 11.4. The molecule has 0 spiro atoms. The molecule has 0 unspecified atom stereocenters. The fourth-order valence-electron chi connectivity index (χ4n) is 0.160. The first-order valence-electron chi connectivity index (χ1n) is 1.83. The van der Waals surface area contributed by atoms with Crippen LogP contribution in [0.5, 0.6) is 0 Å². The van der Waals surface area contributed by atoms with Gasteiger partial charge >= 0.3 is 63.9 Å². The summed E-state index contributed by atoms with van der Waals surface area (Å²) in [5.41, 5.74) is 0. The van der Waals surface area contributed by atoms with Crippen LogP contribution >= 0.6 is 21.0 Å². The van der Waals surface area contributed by atoms with Crippen molar-refractivity contribution in [2.24, 2.45) is 0 Å². The fraction of sp³-hybridized carbons (Fsp3) is 1.00. The molecule has 0 aromatic rings. The van der Waals surface area contributed by atoms with Crippen LogP contribution in [0.25, 0.3) is 0 Å². The molecule has 0 saturated carbocycles. The Kier molecular flexibility index (Phi) is 3.35. The van der Waals surface area contributed by atoms with Gasteiger partial charge in [-0.1, -0.05) is 0 Å². The van der Waals surface area contributed by atoms with Crippen LogP contribution in [0.2, 0.25) is 0 Å². The van der Waals surface area contributed by atoms with E-state index in [0.717, 1.165) is 0 Å². The number of rotatable bonds is 2. The van der Waals surface area contributed by atoms with Crippen molar-refractivity contribution < 1.29 is 32.4 Å². The van der Waals surface area contributed by atoms with E-state index < -0.39 is 31.4 Å². The van der Waals surface area contributed by atoms with Gasteiger partial charge in [0, 0.05) is 0 Å². The molecule has 0 N–H and O–H groups in total. The molecule has 0 fully saturated rings. The van der Waals surface area contributed by atoms with Gasteiger partial charge in [0.1, 0.15) is 0 Å². The number of halogens is 8. The van der Waals surface area contributed by atoms with E-state index >= 15 is 0 Å². The van der Waals surface area contributed by atoms with E-state index in [1.54, 1.807) is 0 Å². The van der Waals surface area contributed by atoms with Crippen molar-refractivity contribution in [1.82, 2.24) is 0 Å². The van der Waals surface area contributed by atoms with Crippen LogP contribution in [0.15, 0.2) is 0 Å². The molecule has 11 heavy (non-hydrogen) atoms. The minimum atomic E-state index is -5.92. The summed E-state index contributed by atoms with van der Waals surface area (Å²) in [7, 11) is 0. The number of hydrogen-bond donors (Lipinski definition) is 0. The van der Waals surface area contributed by atoms with Crippen LogP contribution < -0.4 is 0 Å². The third-order valence-corrected chi connectivity index (χ3v) is 1.57. The van der Waals surface area contributed by atoms with E-state index in [4.69, 9.17) is 0 Å². The monoisotopic (exact) mass is 300 g/mol. The van der Waals surface area contributed by atoms with Gasteiger partial charge in [-0.05, 0) is 0 Å². The van der Waals surface area contributed by atoms with Crippen molar-refractivity contribution in [3.05, 3.63) is 0 Å². The van der Waals surface area contributed by atoms with Crippen LogP contribution in [0.4, 0.5) is 27.7 Å². The van der Waals surface area contributed by atoms with Gasteiger partial charge in [0.25, 0.3) is 0 Å². The van der Waals surface area contributed by atoms with E-state index in [-0.39, 0.29) is 0 Å². The zero-order valence-electron chi connectivity index (χ0n) is 4.43. The first kappa shape index (κ1) is 11.2. The summed E-state index contributed by atoms with van der Waals surface area (Å²) in [6, 6.07) is 0. The van der Waals surface area contributed by atoms with Crippen molar-refractivity contribution in [2.75, 3.05) is 0 Å². The average molecular weight is 300 g/mol. The molecule has 0 aliphatic rings. The van der Waals surface area contributed by atoms with E-state index in [0.29, 0.717) is 0 Å². The molecule has 0 bridgehead atoms. The van der Waals surface area contributed by atoms with Gasteiger partial charge in [-0.25, -0.2) is 0 Å². The molecule has 0 rings (SSSR count). The van der Waals surface area contributed by atoms with Gasteiger partial charge in [0.15, 0.2) is 0 Å². The average Bonchev–Trinajstić information content (AvgIpc) is 1.56. The van der Waals surface area contributed by atoms with Crippen molar-refractivity contribution in [3.63, 3.8) is 0 Å². The Bertz CT molecular complexity index is 129. The predicted molar refractivity (Wildman–Crippen MR) is 28.3 cm³/mol. The van der Waals surface area contributed by atoms with Gasteiger partial charge < -0.3 is 0 Å². The van der Waals surface area contributed by atoms with Crippen LogP contribution in [0.3, 0.4) is 0 Å². The van der Waals surface area contributed by atoms with Gasteiger partial charge in [-0.15, -0.1) is 0 Å². The zero-order chi connectivity index (χ0) is 9.28. The molecular weight excluding hydrogens is 300 g/mol. The molecular formula is C2F7IO. The summed E-state index contributed by atoms with van der Waals surface area (Å²) in [6.45, 7) is 0. The fourth-order valence-corrected chi connectivity index (χ4v) is 0.577. The van der Waals surface area contributed by atoms with Crippen LogP contribution in [-0.2, 0) is 4.74 Å². The second kappa shape index (κ2) is 3.29. The predicted octanol–water partition coefficient (Wildman–Crippen LogP) is 3.35. The van der Waals surface area contributed by atoms with E-state index in [2.05, 4.69) is 0 Å². The van der Waals surface area contributed by atoms with Crippen molar-refractivity contribution in [2.45, 2.75) is 10.5 Å². The topological polar surface area (TPSA) is 9.23 Å². The summed E-state index contributed by atoms with van der Waals surface area (Å²) in [5, 5.41) is 0. The Balaban J connectivity index is 4.13. The summed E-state index contributed by atoms with van der Waals surface area (Å²) in [5.74, 6) is 0. The van der Waals surface area contributed by atoms with Crippen LogP contribution in [0, 0.1) is 0 Å². The van der Waals surface area contributed by atoms with Crippen LogP contribution in [0.1, 0.15) is 0 Å². The quantitative estimate of drug-likeness (QED) is 0.432. The first-order valence-corrected chi connectivity index (χ1v) is 4.54. The summed E-state index contributed by atoms with van der Waals surface area (Å²) < 4.78 is 74.3.